The number of aryl methyl sites for hydroxylation is 1. The summed E-state index contributed by atoms with van der Waals surface area (Å²) in [6, 6.07) is 0. The summed E-state index contributed by atoms with van der Waals surface area (Å²) in [6.45, 7) is 4.87. The van der Waals surface area contributed by atoms with Crippen LogP contribution in [0.5, 0.6) is 0 Å². The van der Waals surface area contributed by atoms with Gasteiger partial charge in [0, 0.05) is 25.4 Å². The van der Waals surface area contributed by atoms with Gasteiger partial charge in [-0.3, -0.25) is 5.41 Å². The van der Waals surface area contributed by atoms with Crippen molar-refractivity contribution in [1.82, 2.24) is 9.88 Å². The number of guanidine groups is 1. The maximum atomic E-state index is 13.1. The summed E-state index contributed by atoms with van der Waals surface area (Å²) in [7, 11) is 1.53. The van der Waals surface area contributed by atoms with Gasteiger partial charge in [-0.25, -0.2) is 9.18 Å². The molecule has 0 radical (unpaired) electrons. The minimum Gasteiger partial charge on any atom is -0.477 e. The minimum absolute atomic E-state index is 0.0550. The molecule has 0 bridgehead atoms. The van der Waals surface area contributed by atoms with Crippen LogP contribution in [0, 0.1) is 11.2 Å². The molecule has 0 fully saturated rings. The molecular weight excluding hydrogens is 287 g/mol. The van der Waals surface area contributed by atoms with Crippen LogP contribution in [0.3, 0.4) is 0 Å². The van der Waals surface area contributed by atoms with E-state index in [0.29, 0.717) is 12.0 Å². The number of hydrogen-bond donors (Lipinski definition) is 4. The van der Waals surface area contributed by atoms with Crippen molar-refractivity contribution >= 4 is 11.9 Å². The van der Waals surface area contributed by atoms with Crippen molar-refractivity contribution in [2.24, 2.45) is 12.8 Å². The number of aromatic carboxylic acids is 1. The van der Waals surface area contributed by atoms with Gasteiger partial charge in [-0.2, -0.15) is 0 Å². The zero-order chi connectivity index (χ0) is 17.1. The molecule has 22 heavy (non-hydrogen) atoms. The van der Waals surface area contributed by atoms with Crippen molar-refractivity contribution in [2.45, 2.75) is 46.0 Å². The monoisotopic (exact) mass is 314 g/mol. The van der Waals surface area contributed by atoms with Crippen LogP contribution < -0.4 is 11.1 Å². The van der Waals surface area contributed by atoms with Crippen LogP contribution in [0.25, 0.3) is 0 Å². The number of carboxylic acid groups (broad SMARTS) is 1. The molecule has 1 rings (SSSR count). The van der Waals surface area contributed by atoms with Crippen LogP contribution in [0.4, 0.5) is 4.39 Å². The number of nitrogens with zero attached hydrogens (tertiary/aromatic N) is 1. The molecule has 0 aromatic carbocycles. The largest absolute Gasteiger partial charge is 0.477 e. The summed E-state index contributed by atoms with van der Waals surface area (Å²) >= 11 is 0. The lowest BCUT2D eigenvalue weighted by molar-refractivity contribution is 0.0685. The number of unbranched alkanes of at least 4 members (excludes halogenated alkanes) is 2. The van der Waals surface area contributed by atoms with Gasteiger partial charge >= 0.3 is 5.97 Å². The number of hydrogen-bond acceptors (Lipinski definition) is 2. The molecule has 0 aliphatic heterocycles. The summed E-state index contributed by atoms with van der Waals surface area (Å²) in [5, 5.41) is 18.3. The van der Waals surface area contributed by atoms with Gasteiger partial charge in [0.25, 0.3) is 0 Å². The molecule has 0 amide bonds. The molecule has 126 valence electrons. The Labute approximate surface area is 131 Å². The minimum atomic E-state index is -1.07. The third-order valence-corrected chi connectivity index (χ3v) is 3.03. The fourth-order valence-corrected chi connectivity index (χ4v) is 2.00. The number of carbonyl (C=O) groups is 1. The van der Waals surface area contributed by atoms with Gasteiger partial charge in [0.2, 0.25) is 0 Å². The Morgan fingerprint density at radius 1 is 1.41 bits per heavy atom. The van der Waals surface area contributed by atoms with Crippen molar-refractivity contribution in [3.63, 3.8) is 0 Å². The number of nitrogens with two attached hydrogens (primary N) is 1. The average Bonchev–Trinajstić information content (AvgIpc) is 2.70. The normalized spacial score (nSPS) is 9.82. The Hall–Kier alpha value is -2.05. The van der Waals surface area contributed by atoms with Crippen LogP contribution in [-0.2, 0) is 13.5 Å². The highest BCUT2D eigenvalue weighted by Crippen LogP contribution is 2.17. The van der Waals surface area contributed by atoms with Crippen molar-refractivity contribution in [2.75, 3.05) is 6.54 Å². The van der Waals surface area contributed by atoms with Gasteiger partial charge in [-0.1, -0.05) is 33.1 Å². The first-order valence-electron chi connectivity index (χ1n) is 7.49. The zero-order valence-corrected chi connectivity index (χ0v) is 13.6. The summed E-state index contributed by atoms with van der Waals surface area (Å²) in [5.74, 6) is -1.43. The Bertz CT molecular complexity index is 486. The molecule has 0 atom stereocenters. The van der Waals surface area contributed by atoms with E-state index in [9.17, 15) is 9.18 Å². The first-order chi connectivity index (χ1) is 10.3. The van der Waals surface area contributed by atoms with Crippen molar-refractivity contribution in [3.8, 4) is 0 Å². The standard InChI is InChI=1S/C9H12FNO2.C6H15N3/c1-3-4-6-7(10)5-11(2)8(6)9(12)13;1-2-3-4-5-9-6(7)8/h5H,3-4H2,1-2H3,(H,12,13);2-5H2,1H3,(H4,7,8,9). The molecule has 0 saturated heterocycles. The van der Waals surface area contributed by atoms with Gasteiger partial charge in [0.1, 0.15) is 11.5 Å². The van der Waals surface area contributed by atoms with Gasteiger partial charge < -0.3 is 20.7 Å². The van der Waals surface area contributed by atoms with Crippen molar-refractivity contribution in [1.29, 1.82) is 5.41 Å². The number of carboxylic acids is 1. The Morgan fingerprint density at radius 3 is 2.50 bits per heavy atom. The predicted octanol–water partition coefficient (Wildman–Crippen LogP) is 2.47. The molecule has 1 aromatic heterocycles. The lowest BCUT2D eigenvalue weighted by Gasteiger charge is -2.00. The fraction of sp³-hybridized carbons (Fsp3) is 0.600. The summed E-state index contributed by atoms with van der Waals surface area (Å²) in [5.41, 5.74) is 5.41. The van der Waals surface area contributed by atoms with Gasteiger partial charge in [0.15, 0.2) is 5.96 Å². The van der Waals surface area contributed by atoms with Gasteiger partial charge in [0.05, 0.1) is 0 Å². The van der Waals surface area contributed by atoms with Crippen LogP contribution in [0.15, 0.2) is 6.20 Å². The first-order valence-corrected chi connectivity index (χ1v) is 7.49. The van der Waals surface area contributed by atoms with Crippen molar-refractivity contribution in [3.05, 3.63) is 23.3 Å². The van der Waals surface area contributed by atoms with E-state index in [-0.39, 0.29) is 11.7 Å². The van der Waals surface area contributed by atoms with E-state index in [0.717, 1.165) is 19.4 Å². The number of rotatable bonds is 7. The van der Waals surface area contributed by atoms with E-state index in [2.05, 4.69) is 12.2 Å². The molecule has 0 aliphatic carbocycles. The number of nitrogens with one attached hydrogen (secondary N) is 2. The van der Waals surface area contributed by atoms with Crippen LogP contribution in [0.1, 0.15) is 55.6 Å². The van der Waals surface area contributed by atoms with E-state index >= 15 is 0 Å². The maximum absolute atomic E-state index is 13.1. The predicted molar refractivity (Wildman–Crippen MR) is 85.8 cm³/mol. The second kappa shape index (κ2) is 10.6. The van der Waals surface area contributed by atoms with Crippen molar-refractivity contribution < 1.29 is 14.3 Å². The molecule has 7 heteroatoms. The van der Waals surface area contributed by atoms with Crippen LogP contribution in [-0.4, -0.2) is 28.1 Å². The van der Waals surface area contributed by atoms with E-state index in [1.54, 1.807) is 0 Å². The molecule has 5 N–H and O–H groups in total. The fourth-order valence-electron chi connectivity index (χ4n) is 2.00. The highest BCUT2D eigenvalue weighted by Gasteiger charge is 2.18. The molecule has 0 unspecified atom stereocenters. The van der Waals surface area contributed by atoms with E-state index < -0.39 is 11.8 Å². The second-order valence-corrected chi connectivity index (χ2v) is 5.02. The molecule has 0 aliphatic rings. The summed E-state index contributed by atoms with van der Waals surface area (Å²) in [4.78, 5) is 10.7. The Balaban J connectivity index is 0.000000433. The van der Waals surface area contributed by atoms with Crippen LogP contribution >= 0.6 is 0 Å². The van der Waals surface area contributed by atoms with E-state index in [4.69, 9.17) is 16.2 Å². The second-order valence-electron chi connectivity index (χ2n) is 5.02. The highest BCUT2D eigenvalue weighted by molar-refractivity contribution is 5.87. The molecular formula is C15H27FN4O2. The first kappa shape index (κ1) is 19.9. The summed E-state index contributed by atoms with van der Waals surface area (Å²) < 4.78 is 14.4. The highest BCUT2D eigenvalue weighted by atomic mass is 19.1. The Kier molecular flexibility index (Phi) is 9.65. The van der Waals surface area contributed by atoms with E-state index in [1.165, 1.54) is 30.7 Å². The van der Waals surface area contributed by atoms with E-state index in [1.807, 2.05) is 6.92 Å². The third kappa shape index (κ3) is 7.10. The smallest absolute Gasteiger partial charge is 0.352 e. The number of halogens is 1. The third-order valence-electron chi connectivity index (χ3n) is 3.03. The average molecular weight is 314 g/mol. The topological polar surface area (TPSA) is 104 Å². The lowest BCUT2D eigenvalue weighted by atomic mass is 10.1. The zero-order valence-electron chi connectivity index (χ0n) is 13.6. The number of aromatic nitrogens is 1. The molecule has 6 nitrogen and oxygen atoms in total. The maximum Gasteiger partial charge on any atom is 0.352 e. The molecule has 1 heterocycles. The lowest BCUT2D eigenvalue weighted by Crippen LogP contribution is -2.30. The quantitative estimate of drug-likeness (QED) is 0.352. The molecule has 0 spiro atoms. The molecule has 0 saturated carbocycles. The Morgan fingerprint density at radius 2 is 2.05 bits per heavy atom. The summed E-state index contributed by atoms with van der Waals surface area (Å²) in [6.07, 6.45) is 5.93. The van der Waals surface area contributed by atoms with Gasteiger partial charge in [-0.15, -0.1) is 0 Å². The SMILES string of the molecule is CCCCCNC(=N)N.CCCc1c(F)cn(C)c1C(=O)O. The van der Waals surface area contributed by atoms with Gasteiger partial charge in [-0.05, 0) is 12.8 Å². The van der Waals surface area contributed by atoms with Crippen LogP contribution in [0.2, 0.25) is 0 Å². The molecule has 1 aromatic rings.